The van der Waals surface area contributed by atoms with Crippen molar-refractivity contribution in [3.05, 3.63) is 12.2 Å². The van der Waals surface area contributed by atoms with Crippen LogP contribution in [0.5, 0.6) is 0 Å². The third-order valence-corrected chi connectivity index (χ3v) is 7.18. The second-order valence-corrected chi connectivity index (χ2v) is 10.9. The summed E-state index contributed by atoms with van der Waals surface area (Å²) in [5.41, 5.74) is 1.10. The molecule has 0 fully saturated rings. The molecule has 0 aliphatic carbocycles. The van der Waals surface area contributed by atoms with E-state index < -0.39 is 0 Å². The maximum Gasteiger partial charge on any atom is 0.0696 e. The van der Waals surface area contributed by atoms with Gasteiger partial charge in [-0.25, -0.2) is 0 Å². The van der Waals surface area contributed by atoms with Gasteiger partial charge in [0.05, 0.1) is 13.2 Å². The molecule has 0 aromatic rings. The van der Waals surface area contributed by atoms with Crippen molar-refractivity contribution in [2.45, 2.75) is 156 Å². The number of rotatable bonds is 28. The zero-order valence-corrected chi connectivity index (χ0v) is 24.1. The summed E-state index contributed by atoms with van der Waals surface area (Å²) in [5.74, 6) is 1.44. The first-order chi connectivity index (χ1) is 16.7. The number of hydrogen-bond acceptors (Lipinski definition) is 2. The van der Waals surface area contributed by atoms with Crippen molar-refractivity contribution in [2.24, 2.45) is 11.8 Å². The van der Waals surface area contributed by atoms with Crippen molar-refractivity contribution in [3.63, 3.8) is 0 Å². The highest BCUT2D eigenvalue weighted by Crippen LogP contribution is 2.20. The molecule has 0 aliphatic heterocycles. The topological polar surface area (TPSA) is 18.5 Å². The predicted octanol–water partition coefficient (Wildman–Crippen LogP) is 10.7. The molecule has 0 saturated carbocycles. The van der Waals surface area contributed by atoms with Gasteiger partial charge in [0.2, 0.25) is 0 Å². The maximum atomic E-state index is 6.13. The van der Waals surface area contributed by atoms with Gasteiger partial charge in [-0.05, 0) is 43.1 Å². The quantitative estimate of drug-likeness (QED) is 0.0818. The first kappa shape index (κ1) is 33.7. The van der Waals surface area contributed by atoms with Gasteiger partial charge in [-0.15, -0.1) is 0 Å². The van der Waals surface area contributed by atoms with E-state index in [1.165, 1.54) is 128 Å². The van der Waals surface area contributed by atoms with Crippen LogP contribution in [-0.4, -0.2) is 26.4 Å². The summed E-state index contributed by atoms with van der Waals surface area (Å²) in [5, 5.41) is 0. The molecule has 34 heavy (non-hydrogen) atoms. The minimum atomic E-state index is 0.665. The SMILES string of the molecule is C=C(COCC(CCCCCC)CCCCCC)COCC(CCCCCC)CCCCCC. The van der Waals surface area contributed by atoms with Gasteiger partial charge in [-0.1, -0.05) is 137 Å². The van der Waals surface area contributed by atoms with Gasteiger partial charge in [0, 0.05) is 13.2 Å². The first-order valence-electron chi connectivity index (χ1n) is 15.5. The average molecular weight is 481 g/mol. The first-order valence-corrected chi connectivity index (χ1v) is 15.5. The van der Waals surface area contributed by atoms with Crippen molar-refractivity contribution in [3.8, 4) is 0 Å². The highest BCUT2D eigenvalue weighted by Gasteiger charge is 2.11. The Labute approximate surface area is 216 Å². The molecule has 0 amide bonds. The lowest BCUT2D eigenvalue weighted by Crippen LogP contribution is -2.15. The maximum absolute atomic E-state index is 6.13. The van der Waals surface area contributed by atoms with Crippen LogP contribution in [0.1, 0.15) is 156 Å². The van der Waals surface area contributed by atoms with E-state index in [-0.39, 0.29) is 0 Å². The van der Waals surface area contributed by atoms with E-state index in [0.717, 1.165) is 30.6 Å². The molecule has 0 aromatic carbocycles. The van der Waals surface area contributed by atoms with Crippen molar-refractivity contribution in [1.82, 2.24) is 0 Å². The Hall–Kier alpha value is -0.340. The lowest BCUT2D eigenvalue weighted by atomic mass is 9.95. The van der Waals surface area contributed by atoms with E-state index in [0.29, 0.717) is 13.2 Å². The van der Waals surface area contributed by atoms with Crippen LogP contribution in [0.25, 0.3) is 0 Å². The van der Waals surface area contributed by atoms with E-state index in [1.54, 1.807) is 0 Å². The van der Waals surface area contributed by atoms with E-state index in [2.05, 4.69) is 34.3 Å². The van der Waals surface area contributed by atoms with E-state index in [1.807, 2.05) is 0 Å². The molecule has 0 saturated heterocycles. The van der Waals surface area contributed by atoms with Crippen LogP contribution in [-0.2, 0) is 9.47 Å². The standard InChI is InChI=1S/C32H64O2/c1-6-10-14-18-22-31(23-19-15-11-7-2)28-33-26-30(5)27-34-29-32(24-20-16-12-8-3)25-21-17-13-9-4/h31-32H,5-29H2,1-4H3. The number of hydrogen-bond donors (Lipinski definition) is 0. The number of ether oxygens (including phenoxy) is 2. The summed E-state index contributed by atoms with van der Waals surface area (Å²) >= 11 is 0. The van der Waals surface area contributed by atoms with Gasteiger partial charge < -0.3 is 9.47 Å². The van der Waals surface area contributed by atoms with Crippen LogP contribution < -0.4 is 0 Å². The molecule has 0 aliphatic rings. The summed E-state index contributed by atoms with van der Waals surface area (Å²) in [7, 11) is 0. The van der Waals surface area contributed by atoms with Gasteiger partial charge in [0.15, 0.2) is 0 Å². The Bertz CT molecular complexity index is 346. The van der Waals surface area contributed by atoms with Gasteiger partial charge in [-0.2, -0.15) is 0 Å². The molecule has 0 rings (SSSR count). The molecule has 0 atom stereocenters. The summed E-state index contributed by atoms with van der Waals surface area (Å²) in [4.78, 5) is 0. The van der Waals surface area contributed by atoms with Crippen LogP contribution in [0.3, 0.4) is 0 Å². The second-order valence-electron chi connectivity index (χ2n) is 10.9. The zero-order valence-electron chi connectivity index (χ0n) is 24.1. The molecule has 2 heteroatoms. The van der Waals surface area contributed by atoms with E-state index >= 15 is 0 Å². The molecule has 0 N–H and O–H groups in total. The van der Waals surface area contributed by atoms with E-state index in [4.69, 9.17) is 9.47 Å². The molecule has 0 spiro atoms. The average Bonchev–Trinajstić information content (AvgIpc) is 2.84. The molecule has 0 aromatic heterocycles. The number of unbranched alkanes of at least 4 members (excludes halogenated alkanes) is 12. The molecule has 0 unspecified atom stereocenters. The monoisotopic (exact) mass is 480 g/mol. The Kier molecular flexibility index (Phi) is 27.0. The minimum absolute atomic E-state index is 0.665. The fraction of sp³-hybridized carbons (Fsp3) is 0.938. The van der Waals surface area contributed by atoms with Gasteiger partial charge in [0.1, 0.15) is 0 Å². The van der Waals surface area contributed by atoms with Gasteiger partial charge >= 0.3 is 0 Å². The highest BCUT2D eigenvalue weighted by atomic mass is 16.5. The normalized spacial score (nSPS) is 11.7. The van der Waals surface area contributed by atoms with Crippen LogP contribution in [0, 0.1) is 11.8 Å². The van der Waals surface area contributed by atoms with Crippen LogP contribution in [0.2, 0.25) is 0 Å². The van der Waals surface area contributed by atoms with Crippen molar-refractivity contribution >= 4 is 0 Å². The minimum Gasteiger partial charge on any atom is -0.377 e. The van der Waals surface area contributed by atoms with E-state index in [9.17, 15) is 0 Å². The van der Waals surface area contributed by atoms with Crippen molar-refractivity contribution in [2.75, 3.05) is 26.4 Å². The molecule has 204 valence electrons. The Morgan fingerprint density at radius 3 is 1.03 bits per heavy atom. The fourth-order valence-electron chi connectivity index (χ4n) is 4.84. The Balaban J connectivity index is 4.18. The Morgan fingerprint density at radius 1 is 0.471 bits per heavy atom. The lowest BCUT2D eigenvalue weighted by Gasteiger charge is -2.19. The van der Waals surface area contributed by atoms with Crippen molar-refractivity contribution in [1.29, 1.82) is 0 Å². The van der Waals surface area contributed by atoms with Crippen molar-refractivity contribution < 1.29 is 9.47 Å². The summed E-state index contributed by atoms with van der Waals surface area (Å²) in [6.45, 7) is 16.5. The Morgan fingerprint density at radius 2 is 0.765 bits per heavy atom. The second kappa shape index (κ2) is 27.3. The summed E-state index contributed by atoms with van der Waals surface area (Å²) in [6.07, 6.45) is 27.0. The molecule has 2 nitrogen and oxygen atoms in total. The zero-order chi connectivity index (χ0) is 25.1. The predicted molar refractivity (Wildman–Crippen MR) is 153 cm³/mol. The fourth-order valence-corrected chi connectivity index (χ4v) is 4.84. The summed E-state index contributed by atoms with van der Waals surface area (Å²) < 4.78 is 12.3. The highest BCUT2D eigenvalue weighted by molar-refractivity contribution is 4.94. The smallest absolute Gasteiger partial charge is 0.0696 e. The van der Waals surface area contributed by atoms with Gasteiger partial charge in [-0.3, -0.25) is 0 Å². The van der Waals surface area contributed by atoms with Crippen LogP contribution in [0.15, 0.2) is 12.2 Å². The lowest BCUT2D eigenvalue weighted by molar-refractivity contribution is 0.0781. The van der Waals surface area contributed by atoms with Gasteiger partial charge in [0.25, 0.3) is 0 Å². The summed E-state index contributed by atoms with van der Waals surface area (Å²) in [6, 6.07) is 0. The van der Waals surface area contributed by atoms with Crippen LogP contribution in [0.4, 0.5) is 0 Å². The molecule has 0 radical (unpaired) electrons. The molecule has 0 heterocycles. The molecular weight excluding hydrogens is 416 g/mol. The van der Waals surface area contributed by atoms with Crippen LogP contribution >= 0.6 is 0 Å². The third kappa shape index (κ3) is 23.4. The molecule has 0 bridgehead atoms. The third-order valence-electron chi connectivity index (χ3n) is 7.18. The molecular formula is C32H64O2. The largest absolute Gasteiger partial charge is 0.377 e.